The van der Waals surface area contributed by atoms with Gasteiger partial charge in [0.05, 0.1) is 16.3 Å². The lowest BCUT2D eigenvalue weighted by Gasteiger charge is -1.99. The van der Waals surface area contributed by atoms with E-state index in [9.17, 15) is 0 Å². The topological polar surface area (TPSA) is 33.0 Å². The Bertz CT molecular complexity index is 527. The first-order valence-corrected chi connectivity index (χ1v) is 5.54. The second-order valence-corrected chi connectivity index (χ2v) is 4.51. The lowest BCUT2D eigenvalue weighted by atomic mass is 10.2. The zero-order valence-electron chi connectivity index (χ0n) is 7.37. The molecule has 0 fully saturated rings. The van der Waals surface area contributed by atoms with E-state index in [0.717, 1.165) is 20.3 Å². The van der Waals surface area contributed by atoms with E-state index < -0.39 is 0 Å². The molecule has 14 heavy (non-hydrogen) atoms. The van der Waals surface area contributed by atoms with Crippen LogP contribution >= 0.6 is 27.3 Å². The number of halogens is 1. The minimum Gasteiger partial charge on any atom is -0.495 e. The standard InChI is InChI=1S/C10H6BrNOS/c1-13-7-4-2-3-6-9(11)8(5-12)14-10(6)7/h2-4H,1H3. The molecule has 2 nitrogen and oxygen atoms in total. The van der Waals surface area contributed by atoms with Crippen molar-refractivity contribution in [1.82, 2.24) is 0 Å². The Morgan fingerprint density at radius 3 is 2.93 bits per heavy atom. The number of rotatable bonds is 1. The first-order valence-electron chi connectivity index (χ1n) is 3.93. The van der Waals surface area contributed by atoms with Crippen LogP contribution in [0.5, 0.6) is 5.75 Å². The van der Waals surface area contributed by atoms with E-state index in [1.165, 1.54) is 11.3 Å². The Morgan fingerprint density at radius 2 is 2.29 bits per heavy atom. The van der Waals surface area contributed by atoms with Crippen molar-refractivity contribution in [1.29, 1.82) is 5.26 Å². The van der Waals surface area contributed by atoms with Crippen LogP contribution in [-0.4, -0.2) is 7.11 Å². The maximum absolute atomic E-state index is 8.87. The Labute approximate surface area is 93.9 Å². The first kappa shape index (κ1) is 9.50. The highest BCUT2D eigenvalue weighted by atomic mass is 79.9. The largest absolute Gasteiger partial charge is 0.495 e. The van der Waals surface area contributed by atoms with E-state index in [0.29, 0.717) is 4.88 Å². The normalized spacial score (nSPS) is 10.1. The average molecular weight is 268 g/mol. The fraction of sp³-hybridized carbons (Fsp3) is 0.100. The van der Waals surface area contributed by atoms with Gasteiger partial charge in [0.1, 0.15) is 16.7 Å². The zero-order chi connectivity index (χ0) is 10.1. The summed E-state index contributed by atoms with van der Waals surface area (Å²) in [5, 5.41) is 9.91. The number of ether oxygens (including phenoxy) is 1. The van der Waals surface area contributed by atoms with Crippen molar-refractivity contribution >= 4 is 37.4 Å². The van der Waals surface area contributed by atoms with E-state index in [2.05, 4.69) is 22.0 Å². The van der Waals surface area contributed by atoms with Gasteiger partial charge in [-0.25, -0.2) is 0 Å². The number of nitriles is 1. The van der Waals surface area contributed by atoms with Gasteiger partial charge in [0, 0.05) is 5.39 Å². The molecular formula is C10H6BrNOS. The van der Waals surface area contributed by atoms with Crippen molar-refractivity contribution in [2.75, 3.05) is 7.11 Å². The average Bonchev–Trinajstić information content (AvgIpc) is 2.55. The monoisotopic (exact) mass is 267 g/mol. The summed E-state index contributed by atoms with van der Waals surface area (Å²) in [6.07, 6.45) is 0. The van der Waals surface area contributed by atoms with E-state index >= 15 is 0 Å². The van der Waals surface area contributed by atoms with Gasteiger partial charge in [-0.05, 0) is 22.0 Å². The summed E-state index contributed by atoms with van der Waals surface area (Å²) in [6.45, 7) is 0. The van der Waals surface area contributed by atoms with Crippen molar-refractivity contribution < 1.29 is 4.74 Å². The van der Waals surface area contributed by atoms with Gasteiger partial charge in [0.15, 0.2) is 0 Å². The molecule has 2 aromatic rings. The zero-order valence-corrected chi connectivity index (χ0v) is 9.78. The number of benzene rings is 1. The van der Waals surface area contributed by atoms with Crippen LogP contribution in [0.15, 0.2) is 22.7 Å². The van der Waals surface area contributed by atoms with Gasteiger partial charge in [-0.2, -0.15) is 5.26 Å². The van der Waals surface area contributed by atoms with E-state index in [1.807, 2.05) is 18.2 Å². The second kappa shape index (κ2) is 3.60. The number of hydrogen-bond donors (Lipinski definition) is 0. The third kappa shape index (κ3) is 1.29. The highest BCUT2D eigenvalue weighted by molar-refractivity contribution is 9.10. The smallest absolute Gasteiger partial charge is 0.136 e. The van der Waals surface area contributed by atoms with Gasteiger partial charge in [0.25, 0.3) is 0 Å². The van der Waals surface area contributed by atoms with Crippen LogP contribution in [0.1, 0.15) is 4.88 Å². The summed E-state index contributed by atoms with van der Waals surface area (Å²) in [5.41, 5.74) is 0. The van der Waals surface area contributed by atoms with Crippen LogP contribution in [0.3, 0.4) is 0 Å². The van der Waals surface area contributed by atoms with Gasteiger partial charge in [-0.3, -0.25) is 0 Å². The van der Waals surface area contributed by atoms with Crippen LogP contribution in [0.4, 0.5) is 0 Å². The fourth-order valence-electron chi connectivity index (χ4n) is 1.30. The minimum absolute atomic E-state index is 0.685. The van der Waals surface area contributed by atoms with Gasteiger partial charge in [-0.1, -0.05) is 12.1 Å². The maximum atomic E-state index is 8.87. The van der Waals surface area contributed by atoms with Crippen molar-refractivity contribution in [3.63, 3.8) is 0 Å². The maximum Gasteiger partial charge on any atom is 0.136 e. The molecule has 2 rings (SSSR count). The number of thiophene rings is 1. The molecular weight excluding hydrogens is 262 g/mol. The van der Waals surface area contributed by atoms with Gasteiger partial charge in [-0.15, -0.1) is 11.3 Å². The molecule has 0 bridgehead atoms. The Hall–Kier alpha value is -1.05. The van der Waals surface area contributed by atoms with Crippen LogP contribution in [0.2, 0.25) is 0 Å². The molecule has 0 atom stereocenters. The van der Waals surface area contributed by atoms with E-state index in [1.54, 1.807) is 7.11 Å². The van der Waals surface area contributed by atoms with Crippen molar-refractivity contribution in [3.8, 4) is 11.8 Å². The molecule has 1 heterocycles. The van der Waals surface area contributed by atoms with Gasteiger partial charge >= 0.3 is 0 Å². The molecule has 0 amide bonds. The predicted octanol–water partition coefficient (Wildman–Crippen LogP) is 3.54. The minimum atomic E-state index is 0.685. The molecule has 0 spiro atoms. The van der Waals surface area contributed by atoms with Crippen molar-refractivity contribution in [2.45, 2.75) is 0 Å². The first-order chi connectivity index (χ1) is 6.77. The highest BCUT2D eigenvalue weighted by Gasteiger charge is 2.12. The SMILES string of the molecule is COc1cccc2c(Br)c(C#N)sc12. The Balaban J connectivity index is 2.85. The molecule has 1 aromatic carbocycles. The van der Waals surface area contributed by atoms with Crippen LogP contribution < -0.4 is 4.74 Å². The number of fused-ring (bicyclic) bond motifs is 1. The van der Waals surface area contributed by atoms with Gasteiger partial charge < -0.3 is 4.74 Å². The van der Waals surface area contributed by atoms with E-state index in [-0.39, 0.29) is 0 Å². The van der Waals surface area contributed by atoms with E-state index in [4.69, 9.17) is 10.00 Å². The number of hydrogen-bond acceptors (Lipinski definition) is 3. The molecule has 70 valence electrons. The van der Waals surface area contributed by atoms with Crippen LogP contribution in [0.25, 0.3) is 10.1 Å². The van der Waals surface area contributed by atoms with Crippen LogP contribution in [-0.2, 0) is 0 Å². The summed E-state index contributed by atoms with van der Waals surface area (Å²) in [5.74, 6) is 0.815. The van der Waals surface area contributed by atoms with Crippen molar-refractivity contribution in [3.05, 3.63) is 27.5 Å². The van der Waals surface area contributed by atoms with Crippen LogP contribution in [0, 0.1) is 11.3 Å². The summed E-state index contributed by atoms with van der Waals surface area (Å²) >= 11 is 4.85. The molecule has 1 aromatic heterocycles. The third-order valence-electron chi connectivity index (χ3n) is 1.94. The third-order valence-corrected chi connectivity index (χ3v) is 4.15. The quantitative estimate of drug-likeness (QED) is 0.792. The summed E-state index contributed by atoms with van der Waals surface area (Å²) in [6, 6.07) is 7.94. The Morgan fingerprint density at radius 1 is 1.50 bits per heavy atom. The second-order valence-electron chi connectivity index (χ2n) is 2.69. The molecule has 0 radical (unpaired) electrons. The molecule has 0 unspecified atom stereocenters. The Kier molecular flexibility index (Phi) is 2.44. The molecule has 0 N–H and O–H groups in total. The number of nitrogens with zero attached hydrogens (tertiary/aromatic N) is 1. The lowest BCUT2D eigenvalue weighted by Crippen LogP contribution is -1.80. The molecule has 0 aliphatic rings. The molecule has 0 saturated heterocycles. The highest BCUT2D eigenvalue weighted by Crippen LogP contribution is 2.39. The molecule has 0 aliphatic carbocycles. The molecule has 0 aliphatic heterocycles. The number of methoxy groups -OCH3 is 1. The summed E-state index contributed by atoms with van der Waals surface area (Å²) in [4.78, 5) is 0.685. The summed E-state index contributed by atoms with van der Waals surface area (Å²) < 4.78 is 7.09. The molecule has 0 saturated carbocycles. The predicted molar refractivity (Wildman–Crippen MR) is 60.8 cm³/mol. The molecule has 4 heteroatoms. The summed E-state index contributed by atoms with van der Waals surface area (Å²) in [7, 11) is 1.63. The lowest BCUT2D eigenvalue weighted by molar-refractivity contribution is 0.420. The fourth-order valence-corrected chi connectivity index (χ4v) is 3.07. The van der Waals surface area contributed by atoms with Crippen molar-refractivity contribution in [2.24, 2.45) is 0 Å². The van der Waals surface area contributed by atoms with Gasteiger partial charge in [0.2, 0.25) is 0 Å².